The summed E-state index contributed by atoms with van der Waals surface area (Å²) in [6.45, 7) is 12.4. The molecule has 0 aromatic heterocycles. The zero-order valence-electron chi connectivity index (χ0n) is 30.7. The van der Waals surface area contributed by atoms with Crippen LogP contribution in [0.1, 0.15) is 91.7 Å². The molecule has 2 saturated heterocycles. The number of carboxylic acid groups (broad SMARTS) is 1. The normalized spacial score (nSPS) is 21.1. The van der Waals surface area contributed by atoms with Gasteiger partial charge in [0.1, 0.15) is 23.9 Å². The molecule has 15 nitrogen and oxygen atoms in total. The number of Topliss-reactive ketones (excluding diaryl/α,β-unsaturated/α-hetero) is 1. The van der Waals surface area contributed by atoms with Crippen molar-refractivity contribution in [2.24, 2.45) is 0 Å². The number of carbonyl (C=O) groups is 7. The Balaban J connectivity index is 1.94. The van der Waals surface area contributed by atoms with Crippen molar-refractivity contribution in [2.45, 2.75) is 142 Å². The summed E-state index contributed by atoms with van der Waals surface area (Å²) in [6, 6.07) is 1.22. The van der Waals surface area contributed by atoms with Gasteiger partial charge in [-0.3, -0.25) is 24.5 Å². The van der Waals surface area contributed by atoms with Crippen LogP contribution in [0, 0.1) is 6.92 Å². The highest BCUT2D eigenvalue weighted by Gasteiger charge is 2.49. The Morgan fingerprint density at radius 2 is 1.59 bits per heavy atom. The van der Waals surface area contributed by atoms with Gasteiger partial charge >= 0.3 is 30.0 Å². The van der Waals surface area contributed by atoms with E-state index in [0.717, 1.165) is 25.0 Å². The monoisotopic (exact) mass is 716 g/mol. The molecular formula is C36H52N4O11. The second-order valence-corrected chi connectivity index (χ2v) is 14.2. The van der Waals surface area contributed by atoms with E-state index in [9.17, 15) is 38.7 Å². The highest BCUT2D eigenvalue weighted by molar-refractivity contribution is 6.02. The molecule has 4 amide bonds. The van der Waals surface area contributed by atoms with Crippen molar-refractivity contribution in [2.75, 3.05) is 6.54 Å². The Hall–Kier alpha value is -4.53. The molecule has 0 aliphatic carbocycles. The molecule has 15 heteroatoms. The number of aliphatic carboxylic acids is 1. The molecule has 3 N–H and O–H groups in total. The van der Waals surface area contributed by atoms with E-state index in [4.69, 9.17) is 14.2 Å². The molecule has 51 heavy (non-hydrogen) atoms. The minimum atomic E-state index is -1.86. The molecule has 5 unspecified atom stereocenters. The van der Waals surface area contributed by atoms with Crippen LogP contribution in [0.2, 0.25) is 0 Å². The van der Waals surface area contributed by atoms with E-state index in [1.54, 1.807) is 27.7 Å². The van der Waals surface area contributed by atoms with E-state index >= 15 is 0 Å². The fraction of sp³-hybridized carbons (Fsp3) is 0.639. The Labute approximate surface area is 298 Å². The molecule has 1 aromatic rings. The van der Waals surface area contributed by atoms with Crippen LogP contribution in [0.15, 0.2) is 24.3 Å². The van der Waals surface area contributed by atoms with Gasteiger partial charge in [0.2, 0.25) is 5.91 Å². The summed E-state index contributed by atoms with van der Waals surface area (Å²) >= 11 is 0. The van der Waals surface area contributed by atoms with Crippen LogP contribution in [0.25, 0.3) is 0 Å². The van der Waals surface area contributed by atoms with Crippen LogP contribution in [0.3, 0.4) is 0 Å². The van der Waals surface area contributed by atoms with Crippen molar-refractivity contribution >= 4 is 41.7 Å². The van der Waals surface area contributed by atoms with Gasteiger partial charge in [-0.1, -0.05) is 36.8 Å². The van der Waals surface area contributed by atoms with Crippen molar-refractivity contribution in [3.8, 4) is 0 Å². The predicted octanol–water partition coefficient (Wildman–Crippen LogP) is 3.28. The first-order valence-electron chi connectivity index (χ1n) is 17.4. The second kappa shape index (κ2) is 17.6. The molecule has 2 aliphatic heterocycles. The molecular weight excluding hydrogens is 664 g/mol. The van der Waals surface area contributed by atoms with Gasteiger partial charge in [0.15, 0.2) is 11.8 Å². The van der Waals surface area contributed by atoms with Crippen LogP contribution in [0.5, 0.6) is 0 Å². The minimum Gasteiger partial charge on any atom is -0.480 e. The molecule has 2 aliphatic rings. The molecule has 3 rings (SSSR count). The highest BCUT2D eigenvalue weighted by atomic mass is 16.6. The summed E-state index contributed by atoms with van der Waals surface area (Å²) in [6.07, 6.45) is -1.53. The maximum Gasteiger partial charge on any atom is 0.408 e. The lowest BCUT2D eigenvalue weighted by Crippen LogP contribution is -2.63. The number of rotatable bonds is 13. The quantitative estimate of drug-likeness (QED) is 0.199. The maximum atomic E-state index is 14.4. The molecule has 2 heterocycles. The number of ether oxygens (including phenoxy) is 3. The number of benzene rings is 1. The maximum absolute atomic E-state index is 14.4. The number of likely N-dealkylation sites (tertiary alicyclic amines) is 1. The minimum absolute atomic E-state index is 0.00827. The predicted molar refractivity (Wildman–Crippen MR) is 183 cm³/mol. The van der Waals surface area contributed by atoms with E-state index < -0.39 is 83.7 Å². The number of amides is 4. The molecule has 0 bridgehead atoms. The molecule has 7 atom stereocenters. The SMILES string of the molecule is CCC(OC(C)=O)C(C(=O)O)N(C(=O)C1CCC(C(=O)[C@H](NC(=O)OC(C)(C)C)[C@@H](C)OC(C)=O)N1)C(=O)N1CCCC1Cc1ccc(C)cc1. The van der Waals surface area contributed by atoms with Crippen molar-refractivity contribution in [3.63, 3.8) is 0 Å². The van der Waals surface area contributed by atoms with Gasteiger partial charge < -0.3 is 29.5 Å². The van der Waals surface area contributed by atoms with Crippen molar-refractivity contribution in [3.05, 3.63) is 35.4 Å². The number of esters is 2. The number of ketones is 1. The summed E-state index contributed by atoms with van der Waals surface area (Å²) in [5.41, 5.74) is 1.16. The van der Waals surface area contributed by atoms with Crippen LogP contribution in [0.4, 0.5) is 9.59 Å². The Morgan fingerprint density at radius 1 is 0.980 bits per heavy atom. The van der Waals surface area contributed by atoms with E-state index in [2.05, 4.69) is 10.6 Å². The van der Waals surface area contributed by atoms with Crippen LogP contribution >= 0.6 is 0 Å². The Morgan fingerprint density at radius 3 is 2.14 bits per heavy atom. The van der Waals surface area contributed by atoms with E-state index in [1.807, 2.05) is 31.2 Å². The van der Waals surface area contributed by atoms with E-state index in [0.29, 0.717) is 24.2 Å². The standard InChI is InChI=1S/C36H52N4O11/c1-9-28(50-23(5)42)30(33(45)46)40(35(48)39-18-10-11-25(39)19-24-14-12-20(2)13-15-24)32(44)27-17-16-26(37-27)31(43)29(21(3)49-22(4)41)38-34(47)51-36(6,7)8/h12-15,21,25-30,37H,9-11,16-19H2,1-8H3,(H,38,47)(H,45,46)/t21-,25?,26?,27?,28?,29-,30?/m1/s1. The Kier molecular flexibility index (Phi) is 14.1. The van der Waals surface area contributed by atoms with Gasteiger partial charge in [-0.2, -0.15) is 0 Å². The summed E-state index contributed by atoms with van der Waals surface area (Å²) in [4.78, 5) is 94.1. The Bertz CT molecular complexity index is 1460. The molecule has 0 spiro atoms. The van der Waals surface area contributed by atoms with Crippen molar-refractivity contribution in [1.82, 2.24) is 20.4 Å². The third-order valence-electron chi connectivity index (χ3n) is 8.85. The fourth-order valence-electron chi connectivity index (χ4n) is 6.54. The fourth-order valence-corrected chi connectivity index (χ4v) is 6.54. The smallest absolute Gasteiger partial charge is 0.408 e. The van der Waals surface area contributed by atoms with E-state index in [1.165, 1.54) is 11.8 Å². The number of carboxylic acids is 1. The number of aryl methyl sites for hydroxylation is 1. The average molecular weight is 717 g/mol. The first-order chi connectivity index (χ1) is 23.8. The zero-order valence-corrected chi connectivity index (χ0v) is 30.7. The second-order valence-electron chi connectivity index (χ2n) is 14.2. The van der Waals surface area contributed by atoms with Gasteiger partial charge in [-0.05, 0) is 78.7 Å². The van der Waals surface area contributed by atoms with Gasteiger partial charge in [-0.15, -0.1) is 0 Å². The number of imide groups is 1. The number of hydrogen-bond donors (Lipinski definition) is 3. The largest absolute Gasteiger partial charge is 0.480 e. The van der Waals surface area contributed by atoms with Gasteiger partial charge in [0, 0.05) is 26.4 Å². The molecule has 1 aromatic carbocycles. The summed E-state index contributed by atoms with van der Waals surface area (Å²) in [5.74, 6) is -4.52. The number of hydrogen-bond acceptors (Lipinski definition) is 11. The molecule has 0 saturated carbocycles. The molecule has 282 valence electrons. The summed E-state index contributed by atoms with van der Waals surface area (Å²) in [5, 5.41) is 15.9. The van der Waals surface area contributed by atoms with Gasteiger partial charge in [-0.25, -0.2) is 19.3 Å². The number of alkyl carbamates (subject to hydrolysis) is 1. The average Bonchev–Trinajstić information content (AvgIpc) is 3.71. The number of urea groups is 1. The number of nitrogens with one attached hydrogen (secondary N) is 2. The third-order valence-corrected chi connectivity index (χ3v) is 8.85. The first-order valence-corrected chi connectivity index (χ1v) is 17.4. The number of nitrogens with zero attached hydrogens (tertiary/aromatic N) is 2. The molecule has 2 fully saturated rings. The first kappa shape index (κ1) is 40.9. The van der Waals surface area contributed by atoms with Crippen molar-refractivity contribution in [1.29, 1.82) is 0 Å². The van der Waals surface area contributed by atoms with Crippen molar-refractivity contribution < 1.29 is 52.9 Å². The lowest BCUT2D eigenvalue weighted by atomic mass is 9.99. The zero-order chi connectivity index (χ0) is 38.2. The van der Waals surface area contributed by atoms with E-state index in [-0.39, 0.29) is 31.8 Å². The molecule has 0 radical (unpaired) electrons. The third kappa shape index (κ3) is 11.2. The van der Waals surface area contributed by atoms with Crippen LogP contribution in [-0.2, 0) is 44.6 Å². The number of carbonyl (C=O) groups excluding carboxylic acids is 6. The lowest BCUT2D eigenvalue weighted by Gasteiger charge is -2.37. The lowest BCUT2D eigenvalue weighted by molar-refractivity contribution is -0.162. The van der Waals surface area contributed by atoms with Crippen LogP contribution < -0.4 is 10.6 Å². The summed E-state index contributed by atoms with van der Waals surface area (Å²) < 4.78 is 15.9. The van der Waals surface area contributed by atoms with Gasteiger partial charge in [0.25, 0.3) is 0 Å². The van der Waals surface area contributed by atoms with Crippen LogP contribution in [-0.4, -0.2) is 111 Å². The topological polar surface area (TPSA) is 198 Å². The van der Waals surface area contributed by atoms with Gasteiger partial charge in [0.05, 0.1) is 12.1 Å². The summed E-state index contributed by atoms with van der Waals surface area (Å²) in [7, 11) is 0. The highest BCUT2D eigenvalue weighted by Crippen LogP contribution is 2.28.